The van der Waals surface area contributed by atoms with Crippen LogP contribution in [0.5, 0.6) is 0 Å². The summed E-state index contributed by atoms with van der Waals surface area (Å²) in [6.45, 7) is 19.8. The average Bonchev–Trinajstić information content (AvgIpc) is 2.89. The fourth-order valence-corrected chi connectivity index (χ4v) is 52.7. The van der Waals surface area contributed by atoms with Crippen molar-refractivity contribution in [3.8, 4) is 0 Å². The van der Waals surface area contributed by atoms with Crippen molar-refractivity contribution in [3.63, 3.8) is 0 Å². The van der Waals surface area contributed by atoms with Crippen LogP contribution in [0.25, 0.3) is 0 Å². The van der Waals surface area contributed by atoms with Crippen LogP contribution in [0.3, 0.4) is 0 Å². The van der Waals surface area contributed by atoms with Crippen molar-refractivity contribution < 1.29 is 0 Å². The van der Waals surface area contributed by atoms with E-state index in [1.165, 1.54) is 77.0 Å². The molecule has 0 spiro atoms. The zero-order chi connectivity index (χ0) is 26.0. The van der Waals surface area contributed by atoms with Gasteiger partial charge in [0.25, 0.3) is 0 Å². The maximum atomic E-state index is 5.30. The van der Waals surface area contributed by atoms with Gasteiger partial charge in [-0.15, -0.1) is 0 Å². The molecule has 1 aromatic carbocycles. The molecule has 0 N–H and O–H groups in total. The Morgan fingerprint density at radius 2 is 0.914 bits per heavy atom. The Kier molecular flexibility index (Phi) is 18.8. The van der Waals surface area contributed by atoms with Crippen LogP contribution in [0.2, 0.25) is 26.6 Å². The first-order valence-corrected chi connectivity index (χ1v) is 30.9. The van der Waals surface area contributed by atoms with Crippen LogP contribution in [-0.2, 0) is 0 Å². The Bertz CT molecular complexity index is 607. The van der Waals surface area contributed by atoms with Gasteiger partial charge in [0.1, 0.15) is 0 Å². The van der Waals surface area contributed by atoms with Gasteiger partial charge >= 0.3 is 232 Å². The van der Waals surface area contributed by atoms with Crippen molar-refractivity contribution in [3.05, 3.63) is 46.1 Å². The summed E-state index contributed by atoms with van der Waals surface area (Å²) >= 11 is -5.13. The van der Waals surface area contributed by atoms with Crippen LogP contribution in [0.4, 0.5) is 0 Å². The molecule has 0 radical (unpaired) electrons. The van der Waals surface area contributed by atoms with Crippen LogP contribution in [0, 0.1) is 0 Å². The standard InChI is InChI=1S/C9H8.6C4H9.2Sn/c1-2-6-9-7-4-3-5-8-9;6*1-3-4-2;;/h3-8H,1H2;6*1,3-4H2,2H3;;. The van der Waals surface area contributed by atoms with Crippen LogP contribution < -0.4 is 0 Å². The summed E-state index contributed by atoms with van der Waals surface area (Å²) in [4.78, 5) is 0. The van der Waals surface area contributed by atoms with Gasteiger partial charge in [-0.05, 0) is 0 Å². The molecule has 1 aromatic rings. The summed E-state index contributed by atoms with van der Waals surface area (Å²) in [6, 6.07) is 12.0. The van der Waals surface area contributed by atoms with Gasteiger partial charge in [0.05, 0.1) is 0 Å². The molecular formula is C33H62Sn2. The normalized spacial score (nSPS) is 13.2. The van der Waals surface area contributed by atoms with Gasteiger partial charge in [0, 0.05) is 0 Å². The van der Waals surface area contributed by atoms with Crippen LogP contribution in [0.1, 0.15) is 128 Å². The first kappa shape index (κ1) is 33.6. The van der Waals surface area contributed by atoms with Gasteiger partial charge in [0.15, 0.2) is 0 Å². The number of hydrogen-bond acceptors (Lipinski definition) is 0. The van der Waals surface area contributed by atoms with Crippen molar-refractivity contribution >= 4 is 36.8 Å². The second kappa shape index (κ2) is 19.6. The molecule has 1 atom stereocenters. The van der Waals surface area contributed by atoms with E-state index in [1.807, 2.05) is 3.59 Å². The van der Waals surface area contributed by atoms with Crippen LogP contribution >= 0.6 is 0 Å². The number of allylic oxidation sites excluding steroid dienone is 1. The summed E-state index contributed by atoms with van der Waals surface area (Å²) in [5, 5.41) is 0. The molecule has 1 rings (SSSR count). The van der Waals surface area contributed by atoms with E-state index < -0.39 is 36.8 Å². The van der Waals surface area contributed by atoms with E-state index in [0.29, 0.717) is 0 Å². The van der Waals surface area contributed by atoms with E-state index >= 15 is 0 Å². The fraction of sp³-hybridized carbons (Fsp3) is 0.758. The number of hydrogen-bond donors (Lipinski definition) is 0. The number of benzene rings is 1. The Hall–Kier alpha value is 0.557. The topological polar surface area (TPSA) is 0 Å². The minimum atomic E-state index is -2.57. The van der Waals surface area contributed by atoms with E-state index in [1.54, 1.807) is 32.2 Å². The molecule has 202 valence electrons. The van der Waals surface area contributed by atoms with Gasteiger partial charge < -0.3 is 0 Å². The molecule has 0 aliphatic carbocycles. The van der Waals surface area contributed by atoms with Crippen molar-refractivity contribution in [2.45, 2.75) is 149 Å². The predicted octanol–water partition coefficient (Wildman–Crippen LogP) is 12.1. The molecule has 0 nitrogen and oxygen atoms in total. The molecule has 0 saturated heterocycles. The van der Waals surface area contributed by atoms with Crippen molar-refractivity contribution in [2.75, 3.05) is 0 Å². The van der Waals surface area contributed by atoms with E-state index in [-0.39, 0.29) is 0 Å². The predicted molar refractivity (Wildman–Crippen MR) is 168 cm³/mol. The third kappa shape index (κ3) is 10.7. The Balaban J connectivity index is 3.75. The molecule has 2 heteroatoms. The summed E-state index contributed by atoms with van der Waals surface area (Å²) in [6.07, 6.45) is 16.9. The summed E-state index contributed by atoms with van der Waals surface area (Å²) in [7, 11) is 0. The molecule has 0 aromatic heterocycles. The molecule has 0 bridgehead atoms. The van der Waals surface area contributed by atoms with Crippen molar-refractivity contribution in [1.82, 2.24) is 0 Å². The van der Waals surface area contributed by atoms with Gasteiger partial charge in [-0.3, -0.25) is 0 Å². The van der Waals surface area contributed by atoms with Gasteiger partial charge in [-0.2, -0.15) is 0 Å². The first-order chi connectivity index (χ1) is 17.0. The number of unbranched alkanes of at least 4 members (excludes halogenated alkanes) is 6. The second-order valence-corrected chi connectivity index (χ2v) is 38.8. The van der Waals surface area contributed by atoms with Crippen LogP contribution in [0.15, 0.2) is 40.5 Å². The maximum absolute atomic E-state index is 5.30. The summed E-state index contributed by atoms with van der Waals surface area (Å²) < 4.78 is 12.2. The third-order valence-corrected chi connectivity index (χ3v) is 44.2. The minimum absolute atomic E-state index is 0.788. The van der Waals surface area contributed by atoms with E-state index in [0.717, 1.165) is 3.93 Å². The molecule has 0 heterocycles. The van der Waals surface area contributed by atoms with Crippen molar-refractivity contribution in [2.24, 2.45) is 0 Å². The van der Waals surface area contributed by atoms with Gasteiger partial charge in [0.2, 0.25) is 0 Å². The number of rotatable bonds is 22. The molecular weight excluding hydrogens is 634 g/mol. The zero-order valence-electron chi connectivity index (χ0n) is 24.9. The average molecular weight is 696 g/mol. The molecule has 0 amide bonds. The molecule has 0 saturated carbocycles. The molecule has 35 heavy (non-hydrogen) atoms. The zero-order valence-corrected chi connectivity index (χ0v) is 30.6. The van der Waals surface area contributed by atoms with Gasteiger partial charge in [-0.25, -0.2) is 0 Å². The SMILES string of the molecule is C=[C]([CH](c1ccccc1)[Sn]([CH2]CCC)([CH2]CCC)[CH2]CCC)[Sn]([CH2]CCC)([CH2]CCC)[CH2]CCC. The second-order valence-electron chi connectivity index (χ2n) is 11.6. The van der Waals surface area contributed by atoms with E-state index in [2.05, 4.69) is 71.9 Å². The Morgan fingerprint density at radius 1 is 0.571 bits per heavy atom. The summed E-state index contributed by atoms with van der Waals surface area (Å²) in [5.74, 6) is 0. The third-order valence-electron chi connectivity index (χ3n) is 8.89. The van der Waals surface area contributed by atoms with Crippen LogP contribution in [-0.4, -0.2) is 36.8 Å². The molecule has 1 unspecified atom stereocenters. The van der Waals surface area contributed by atoms with Gasteiger partial charge in [-0.1, -0.05) is 0 Å². The van der Waals surface area contributed by atoms with E-state index in [4.69, 9.17) is 6.58 Å². The molecule has 0 fully saturated rings. The monoisotopic (exact) mass is 698 g/mol. The summed E-state index contributed by atoms with van der Waals surface area (Å²) in [5.41, 5.74) is 1.70. The quantitative estimate of drug-likeness (QED) is 0.106. The molecule has 0 aliphatic heterocycles. The van der Waals surface area contributed by atoms with E-state index in [9.17, 15) is 0 Å². The first-order valence-electron chi connectivity index (χ1n) is 15.7. The Morgan fingerprint density at radius 3 is 1.26 bits per heavy atom. The fourth-order valence-electron chi connectivity index (χ4n) is 6.67. The molecule has 0 aliphatic rings. The Labute approximate surface area is 230 Å². The van der Waals surface area contributed by atoms with Crippen molar-refractivity contribution in [1.29, 1.82) is 0 Å².